The minimum atomic E-state index is -0.370. The topological polar surface area (TPSA) is 45.7 Å². The highest BCUT2D eigenvalue weighted by atomic mass is 32.1. The standard InChI is InChI=1S/C12H19N3O2S/c1-14(7-8-15-5-3-4-6-15)12-13-10(9-18-12)11(16)17-2/h9H,3-8H2,1-2H3. The van der Waals surface area contributed by atoms with Gasteiger partial charge in [-0.05, 0) is 25.9 Å². The molecule has 2 heterocycles. The number of carbonyl (C=O) groups is 1. The molecule has 6 heteroatoms. The summed E-state index contributed by atoms with van der Waals surface area (Å²) in [5.74, 6) is -0.370. The zero-order valence-electron chi connectivity index (χ0n) is 10.9. The molecular weight excluding hydrogens is 250 g/mol. The van der Waals surface area contributed by atoms with Gasteiger partial charge in [0, 0.05) is 25.5 Å². The largest absolute Gasteiger partial charge is 0.464 e. The number of esters is 1. The lowest BCUT2D eigenvalue weighted by Gasteiger charge is -2.20. The number of hydrogen-bond acceptors (Lipinski definition) is 6. The predicted octanol–water partition coefficient (Wildman–Crippen LogP) is 1.46. The van der Waals surface area contributed by atoms with Crippen LogP contribution in [0.5, 0.6) is 0 Å². The Morgan fingerprint density at radius 2 is 2.28 bits per heavy atom. The summed E-state index contributed by atoms with van der Waals surface area (Å²) in [5.41, 5.74) is 0.394. The van der Waals surface area contributed by atoms with E-state index >= 15 is 0 Å². The minimum absolute atomic E-state index is 0.370. The number of thiazole rings is 1. The van der Waals surface area contributed by atoms with Gasteiger partial charge in [-0.1, -0.05) is 0 Å². The van der Waals surface area contributed by atoms with Gasteiger partial charge >= 0.3 is 5.97 Å². The fraction of sp³-hybridized carbons (Fsp3) is 0.667. The van der Waals surface area contributed by atoms with Crippen LogP contribution in [-0.4, -0.2) is 56.2 Å². The third kappa shape index (κ3) is 3.20. The highest BCUT2D eigenvalue weighted by Gasteiger charge is 2.15. The molecule has 1 aliphatic rings. The van der Waals surface area contributed by atoms with Gasteiger partial charge in [-0.25, -0.2) is 9.78 Å². The summed E-state index contributed by atoms with van der Waals surface area (Å²) >= 11 is 1.48. The molecule has 0 bridgehead atoms. The van der Waals surface area contributed by atoms with Gasteiger partial charge < -0.3 is 14.5 Å². The average Bonchev–Trinajstić information content (AvgIpc) is 3.05. The molecule has 1 fully saturated rings. The van der Waals surface area contributed by atoms with Crippen molar-refractivity contribution < 1.29 is 9.53 Å². The third-order valence-corrected chi connectivity index (χ3v) is 4.12. The van der Waals surface area contributed by atoms with Crippen molar-refractivity contribution in [3.8, 4) is 0 Å². The summed E-state index contributed by atoms with van der Waals surface area (Å²) in [4.78, 5) is 20.1. The maximum Gasteiger partial charge on any atom is 0.357 e. The minimum Gasteiger partial charge on any atom is -0.464 e. The van der Waals surface area contributed by atoms with Crippen molar-refractivity contribution in [1.29, 1.82) is 0 Å². The molecule has 1 aliphatic heterocycles. The number of carbonyl (C=O) groups excluding carboxylic acids is 1. The number of nitrogens with zero attached hydrogens (tertiary/aromatic N) is 3. The molecule has 5 nitrogen and oxygen atoms in total. The van der Waals surface area contributed by atoms with Gasteiger partial charge in [-0.2, -0.15) is 0 Å². The van der Waals surface area contributed by atoms with Crippen LogP contribution in [0.25, 0.3) is 0 Å². The lowest BCUT2D eigenvalue weighted by molar-refractivity contribution is 0.0595. The van der Waals surface area contributed by atoms with Crippen molar-refractivity contribution in [2.75, 3.05) is 45.2 Å². The first kappa shape index (κ1) is 13.3. The highest BCUT2D eigenvalue weighted by molar-refractivity contribution is 7.13. The van der Waals surface area contributed by atoms with E-state index in [1.54, 1.807) is 5.38 Å². The quantitative estimate of drug-likeness (QED) is 0.757. The van der Waals surface area contributed by atoms with Crippen molar-refractivity contribution >= 4 is 22.4 Å². The molecule has 1 aromatic heterocycles. The van der Waals surface area contributed by atoms with Crippen LogP contribution in [0.3, 0.4) is 0 Å². The van der Waals surface area contributed by atoms with Crippen LogP contribution in [0.4, 0.5) is 5.13 Å². The third-order valence-electron chi connectivity index (χ3n) is 3.16. The number of anilines is 1. The molecule has 0 N–H and O–H groups in total. The van der Waals surface area contributed by atoms with Gasteiger partial charge in [0.25, 0.3) is 0 Å². The van der Waals surface area contributed by atoms with E-state index in [1.165, 1.54) is 44.4 Å². The number of likely N-dealkylation sites (tertiary alicyclic amines) is 1. The van der Waals surface area contributed by atoms with Gasteiger partial charge in [-0.3, -0.25) is 0 Å². The number of ether oxygens (including phenoxy) is 1. The van der Waals surface area contributed by atoms with E-state index in [2.05, 4.69) is 19.5 Å². The van der Waals surface area contributed by atoms with Crippen LogP contribution < -0.4 is 4.90 Å². The van der Waals surface area contributed by atoms with Gasteiger partial charge in [0.2, 0.25) is 0 Å². The molecule has 0 atom stereocenters. The van der Waals surface area contributed by atoms with Crippen LogP contribution in [-0.2, 0) is 4.74 Å². The number of likely N-dealkylation sites (N-methyl/N-ethyl adjacent to an activating group) is 1. The zero-order chi connectivity index (χ0) is 13.0. The Morgan fingerprint density at radius 3 is 2.94 bits per heavy atom. The highest BCUT2D eigenvalue weighted by Crippen LogP contribution is 2.19. The Bertz CT molecular complexity index is 402. The normalized spacial score (nSPS) is 15.9. The average molecular weight is 269 g/mol. The van der Waals surface area contributed by atoms with Gasteiger partial charge in [0.05, 0.1) is 7.11 Å². The molecule has 0 radical (unpaired) electrons. The summed E-state index contributed by atoms with van der Waals surface area (Å²) in [7, 11) is 3.38. The summed E-state index contributed by atoms with van der Waals surface area (Å²) < 4.78 is 4.65. The van der Waals surface area contributed by atoms with E-state index in [0.717, 1.165) is 18.2 Å². The van der Waals surface area contributed by atoms with Crippen molar-refractivity contribution in [3.63, 3.8) is 0 Å². The zero-order valence-corrected chi connectivity index (χ0v) is 11.7. The second kappa shape index (κ2) is 6.15. The monoisotopic (exact) mass is 269 g/mol. The van der Waals surface area contributed by atoms with Crippen LogP contribution in [0, 0.1) is 0 Å². The van der Waals surface area contributed by atoms with Crippen LogP contribution in [0.1, 0.15) is 23.3 Å². The second-order valence-corrected chi connectivity index (χ2v) is 5.31. The molecule has 0 aromatic carbocycles. The first-order valence-electron chi connectivity index (χ1n) is 6.18. The number of hydrogen-bond donors (Lipinski definition) is 0. The van der Waals surface area contributed by atoms with Crippen molar-refractivity contribution in [2.24, 2.45) is 0 Å². The lowest BCUT2D eigenvalue weighted by atomic mass is 10.4. The number of aromatic nitrogens is 1. The Balaban J connectivity index is 1.85. The fourth-order valence-electron chi connectivity index (χ4n) is 2.03. The first-order chi connectivity index (χ1) is 8.70. The lowest BCUT2D eigenvalue weighted by Crippen LogP contribution is -2.31. The van der Waals surface area contributed by atoms with Crippen LogP contribution in [0.15, 0.2) is 5.38 Å². The number of methoxy groups -OCH3 is 1. The molecule has 0 saturated carbocycles. The Morgan fingerprint density at radius 1 is 1.56 bits per heavy atom. The van der Waals surface area contributed by atoms with Crippen LogP contribution >= 0.6 is 11.3 Å². The Kier molecular flexibility index (Phi) is 4.54. The van der Waals surface area contributed by atoms with Crippen molar-refractivity contribution in [3.05, 3.63) is 11.1 Å². The smallest absolute Gasteiger partial charge is 0.357 e. The van der Waals surface area contributed by atoms with Gasteiger partial charge in [-0.15, -0.1) is 11.3 Å². The number of rotatable bonds is 5. The van der Waals surface area contributed by atoms with E-state index in [-0.39, 0.29) is 5.97 Å². The molecule has 100 valence electrons. The summed E-state index contributed by atoms with van der Waals surface area (Å²) in [6, 6.07) is 0. The van der Waals surface area contributed by atoms with Crippen LogP contribution in [0.2, 0.25) is 0 Å². The van der Waals surface area contributed by atoms with Crippen molar-refractivity contribution in [1.82, 2.24) is 9.88 Å². The van der Waals surface area contributed by atoms with E-state index in [1.807, 2.05) is 7.05 Å². The molecule has 0 amide bonds. The van der Waals surface area contributed by atoms with E-state index < -0.39 is 0 Å². The maximum absolute atomic E-state index is 11.3. The van der Waals surface area contributed by atoms with E-state index in [0.29, 0.717) is 5.69 Å². The fourth-order valence-corrected chi connectivity index (χ4v) is 2.82. The SMILES string of the molecule is COC(=O)c1csc(N(C)CCN2CCCC2)n1. The molecule has 0 unspecified atom stereocenters. The Hall–Kier alpha value is -1.14. The molecule has 0 spiro atoms. The van der Waals surface area contributed by atoms with Gasteiger partial charge in [0.15, 0.2) is 10.8 Å². The molecule has 2 rings (SSSR count). The predicted molar refractivity (Wildman–Crippen MR) is 72.4 cm³/mol. The molecular formula is C12H19N3O2S. The molecule has 1 aromatic rings. The molecule has 1 saturated heterocycles. The summed E-state index contributed by atoms with van der Waals surface area (Å²) in [6.45, 7) is 4.41. The summed E-state index contributed by atoms with van der Waals surface area (Å²) in [5, 5.41) is 2.61. The van der Waals surface area contributed by atoms with E-state index in [9.17, 15) is 4.79 Å². The first-order valence-corrected chi connectivity index (χ1v) is 7.06. The van der Waals surface area contributed by atoms with E-state index in [4.69, 9.17) is 0 Å². The Labute approximate surface area is 111 Å². The summed E-state index contributed by atoms with van der Waals surface area (Å²) in [6.07, 6.45) is 2.63. The van der Waals surface area contributed by atoms with Crippen molar-refractivity contribution in [2.45, 2.75) is 12.8 Å². The maximum atomic E-state index is 11.3. The van der Waals surface area contributed by atoms with Gasteiger partial charge in [0.1, 0.15) is 0 Å². The second-order valence-electron chi connectivity index (χ2n) is 4.48. The molecule has 18 heavy (non-hydrogen) atoms. The molecule has 0 aliphatic carbocycles.